The summed E-state index contributed by atoms with van der Waals surface area (Å²) in [5.74, 6) is 0. The molecule has 1 heterocycles. The molecule has 2 aromatic rings. The number of rotatable bonds is 4. The van der Waals surface area contributed by atoms with Crippen molar-refractivity contribution < 1.29 is 0 Å². The highest BCUT2D eigenvalue weighted by molar-refractivity contribution is 7.14. The summed E-state index contributed by atoms with van der Waals surface area (Å²) in [5, 5.41) is 14.6. The van der Waals surface area contributed by atoms with Gasteiger partial charge in [-0.2, -0.15) is 0 Å². The van der Waals surface area contributed by atoms with Crippen molar-refractivity contribution in [1.29, 1.82) is 0 Å². The fourth-order valence-electron chi connectivity index (χ4n) is 1.67. The smallest absolute Gasteiger partial charge is 0.147 e. The molecule has 3 nitrogen and oxygen atoms in total. The lowest BCUT2D eigenvalue weighted by Gasteiger charge is -2.08. The van der Waals surface area contributed by atoms with Crippen LogP contribution in [0.15, 0.2) is 18.2 Å². The minimum atomic E-state index is 0.242. The van der Waals surface area contributed by atoms with E-state index < -0.39 is 0 Å². The van der Waals surface area contributed by atoms with Crippen molar-refractivity contribution in [2.45, 2.75) is 19.4 Å². The second-order valence-electron chi connectivity index (χ2n) is 3.85. The topological polar surface area (TPSA) is 37.8 Å². The van der Waals surface area contributed by atoms with Gasteiger partial charge in [-0.1, -0.05) is 41.5 Å². The molecular weight excluding hydrogens is 289 g/mol. The summed E-state index contributed by atoms with van der Waals surface area (Å²) in [6, 6.07) is 5.64. The van der Waals surface area contributed by atoms with Crippen LogP contribution >= 0.6 is 34.5 Å². The molecule has 1 aromatic carbocycles. The van der Waals surface area contributed by atoms with Crippen LogP contribution in [0, 0.1) is 0 Å². The van der Waals surface area contributed by atoms with E-state index in [2.05, 4.69) is 22.4 Å². The number of hydrogen-bond acceptors (Lipinski definition) is 4. The fraction of sp³-hybridized carbons (Fsp3) is 0.333. The van der Waals surface area contributed by atoms with Crippen LogP contribution in [0.5, 0.6) is 0 Å². The average Bonchev–Trinajstić information content (AvgIpc) is 2.79. The second kappa shape index (κ2) is 5.97. The van der Waals surface area contributed by atoms with Crippen LogP contribution in [0.2, 0.25) is 10.0 Å². The summed E-state index contributed by atoms with van der Waals surface area (Å²) >= 11 is 13.5. The summed E-state index contributed by atoms with van der Waals surface area (Å²) in [6.07, 6.45) is 0.974. The zero-order valence-electron chi connectivity index (χ0n) is 10.1. The summed E-state index contributed by atoms with van der Waals surface area (Å²) in [5.41, 5.74) is 0.905. The van der Waals surface area contributed by atoms with Gasteiger partial charge in [-0.3, -0.25) is 0 Å². The van der Waals surface area contributed by atoms with E-state index in [0.717, 1.165) is 22.0 Å². The molecule has 18 heavy (non-hydrogen) atoms. The Morgan fingerprint density at radius 3 is 2.44 bits per heavy atom. The lowest BCUT2D eigenvalue weighted by Crippen LogP contribution is -2.14. The zero-order valence-corrected chi connectivity index (χ0v) is 12.4. The number of aromatic nitrogens is 2. The van der Waals surface area contributed by atoms with Crippen molar-refractivity contribution >= 4 is 34.5 Å². The molecule has 0 saturated heterocycles. The average molecular weight is 302 g/mol. The highest BCUT2D eigenvalue weighted by Crippen LogP contribution is 2.31. The van der Waals surface area contributed by atoms with Crippen LogP contribution in [0.25, 0.3) is 10.6 Å². The lowest BCUT2D eigenvalue weighted by molar-refractivity contribution is 0.568. The highest BCUT2D eigenvalue weighted by Gasteiger charge is 2.14. The third-order valence-corrected chi connectivity index (χ3v) is 4.13. The van der Waals surface area contributed by atoms with Gasteiger partial charge in [0.1, 0.15) is 10.0 Å². The van der Waals surface area contributed by atoms with Gasteiger partial charge >= 0.3 is 0 Å². The van der Waals surface area contributed by atoms with Crippen molar-refractivity contribution in [3.63, 3.8) is 0 Å². The third-order valence-electron chi connectivity index (χ3n) is 2.60. The van der Waals surface area contributed by atoms with E-state index in [-0.39, 0.29) is 6.04 Å². The third kappa shape index (κ3) is 3.01. The van der Waals surface area contributed by atoms with Gasteiger partial charge in [-0.05, 0) is 31.7 Å². The van der Waals surface area contributed by atoms with E-state index in [9.17, 15) is 0 Å². The molecule has 0 bridgehead atoms. The Hall–Kier alpha value is -0.680. The van der Waals surface area contributed by atoms with Gasteiger partial charge in [-0.15, -0.1) is 10.2 Å². The van der Waals surface area contributed by atoms with Gasteiger partial charge < -0.3 is 5.32 Å². The van der Waals surface area contributed by atoms with Gasteiger partial charge in [-0.25, -0.2) is 0 Å². The van der Waals surface area contributed by atoms with Gasteiger partial charge in [0.05, 0.1) is 6.04 Å². The van der Waals surface area contributed by atoms with E-state index in [1.165, 1.54) is 0 Å². The van der Waals surface area contributed by atoms with E-state index in [1.807, 2.05) is 19.2 Å². The van der Waals surface area contributed by atoms with Crippen molar-refractivity contribution in [2.24, 2.45) is 0 Å². The van der Waals surface area contributed by atoms with Crippen LogP contribution in [0.3, 0.4) is 0 Å². The molecule has 1 aromatic heterocycles. The first-order chi connectivity index (χ1) is 8.63. The molecule has 96 valence electrons. The van der Waals surface area contributed by atoms with E-state index in [1.54, 1.807) is 17.4 Å². The largest absolute Gasteiger partial charge is 0.311 e. The Morgan fingerprint density at radius 1 is 1.22 bits per heavy atom. The molecule has 0 aliphatic heterocycles. The molecule has 6 heteroatoms. The van der Waals surface area contributed by atoms with Gasteiger partial charge in [0, 0.05) is 15.6 Å². The Labute approximate surface area is 120 Å². The molecule has 0 radical (unpaired) electrons. The normalized spacial score (nSPS) is 12.7. The standard InChI is InChI=1S/C12H13Cl2N3S/c1-3-10(15-2)12-17-16-11(18-12)7-4-8(13)6-9(14)5-7/h4-6,10,15H,3H2,1-2H3. The molecule has 0 fully saturated rings. The van der Waals surface area contributed by atoms with Crippen LogP contribution in [-0.4, -0.2) is 17.2 Å². The first kappa shape index (κ1) is 13.7. The second-order valence-corrected chi connectivity index (χ2v) is 5.74. The molecule has 1 N–H and O–H groups in total. The van der Waals surface area contributed by atoms with Crippen LogP contribution < -0.4 is 5.32 Å². The van der Waals surface area contributed by atoms with Crippen LogP contribution in [0.1, 0.15) is 24.4 Å². The Balaban J connectivity index is 2.34. The molecule has 0 saturated carbocycles. The van der Waals surface area contributed by atoms with Crippen LogP contribution in [0.4, 0.5) is 0 Å². The summed E-state index contributed by atoms with van der Waals surface area (Å²) in [6.45, 7) is 2.11. The quantitative estimate of drug-likeness (QED) is 0.920. The molecule has 0 spiro atoms. The molecule has 0 aliphatic carbocycles. The summed E-state index contributed by atoms with van der Waals surface area (Å²) in [4.78, 5) is 0. The lowest BCUT2D eigenvalue weighted by atomic mass is 10.2. The van der Waals surface area contributed by atoms with Crippen molar-refractivity contribution in [3.05, 3.63) is 33.3 Å². The number of nitrogens with zero attached hydrogens (tertiary/aromatic N) is 2. The fourth-order valence-corrected chi connectivity index (χ4v) is 3.22. The van der Waals surface area contributed by atoms with E-state index in [4.69, 9.17) is 23.2 Å². The van der Waals surface area contributed by atoms with Crippen LogP contribution in [-0.2, 0) is 0 Å². The maximum atomic E-state index is 5.98. The highest BCUT2D eigenvalue weighted by atomic mass is 35.5. The van der Waals surface area contributed by atoms with E-state index >= 15 is 0 Å². The monoisotopic (exact) mass is 301 g/mol. The Morgan fingerprint density at radius 2 is 1.89 bits per heavy atom. The van der Waals surface area contributed by atoms with Gasteiger partial charge in [0.25, 0.3) is 0 Å². The molecule has 0 amide bonds. The number of hydrogen-bond donors (Lipinski definition) is 1. The molecular formula is C12H13Cl2N3S. The molecule has 2 rings (SSSR count). The minimum absolute atomic E-state index is 0.242. The van der Waals surface area contributed by atoms with E-state index in [0.29, 0.717) is 10.0 Å². The predicted molar refractivity (Wildman–Crippen MR) is 77.5 cm³/mol. The predicted octanol–water partition coefficient (Wildman–Crippen LogP) is 4.18. The first-order valence-corrected chi connectivity index (χ1v) is 7.18. The summed E-state index contributed by atoms with van der Waals surface area (Å²) < 4.78 is 0. The SMILES string of the molecule is CCC(NC)c1nnc(-c2cc(Cl)cc(Cl)c2)s1. The van der Waals surface area contributed by atoms with Crippen molar-refractivity contribution in [2.75, 3.05) is 7.05 Å². The van der Waals surface area contributed by atoms with Gasteiger partial charge in [0.2, 0.25) is 0 Å². The van der Waals surface area contributed by atoms with Gasteiger partial charge in [0.15, 0.2) is 0 Å². The maximum absolute atomic E-state index is 5.98. The van der Waals surface area contributed by atoms with Crippen molar-refractivity contribution in [1.82, 2.24) is 15.5 Å². The minimum Gasteiger partial charge on any atom is -0.311 e. The number of benzene rings is 1. The zero-order chi connectivity index (χ0) is 13.1. The Bertz CT molecular complexity index is 518. The number of nitrogens with one attached hydrogen (secondary N) is 1. The van der Waals surface area contributed by atoms with Crippen molar-refractivity contribution in [3.8, 4) is 10.6 Å². The molecule has 1 atom stereocenters. The molecule has 0 aliphatic rings. The number of halogens is 2. The summed E-state index contributed by atoms with van der Waals surface area (Å²) in [7, 11) is 1.92. The first-order valence-electron chi connectivity index (χ1n) is 5.61. The Kier molecular flexibility index (Phi) is 4.56. The maximum Gasteiger partial charge on any atom is 0.147 e. The molecule has 1 unspecified atom stereocenters.